The molecule has 3 aromatic carbocycles. The Hall–Kier alpha value is -5.31. The second-order valence-electron chi connectivity index (χ2n) is 13.9. The van der Waals surface area contributed by atoms with E-state index in [4.69, 9.17) is 28.4 Å². The van der Waals surface area contributed by atoms with E-state index in [9.17, 15) is 34.2 Å². The first-order valence-corrected chi connectivity index (χ1v) is 18.8. The molecule has 14 heteroatoms. The van der Waals surface area contributed by atoms with Gasteiger partial charge in [0.15, 0.2) is 18.3 Å². The number of aryl methyl sites for hydroxylation is 1. The van der Waals surface area contributed by atoms with Crippen LogP contribution in [0.3, 0.4) is 0 Å². The molecule has 4 rings (SSSR count). The number of hydrogen-bond donors (Lipinski definition) is 2. The van der Waals surface area contributed by atoms with Crippen molar-refractivity contribution in [1.29, 1.82) is 0 Å². The maximum absolute atomic E-state index is 13.8. The van der Waals surface area contributed by atoms with E-state index in [0.29, 0.717) is 56.7 Å². The van der Waals surface area contributed by atoms with Crippen molar-refractivity contribution in [2.75, 3.05) is 20.5 Å². The van der Waals surface area contributed by atoms with Crippen LogP contribution in [0.2, 0.25) is 0 Å². The van der Waals surface area contributed by atoms with Gasteiger partial charge in [-0.2, -0.15) is 0 Å². The molecule has 1 aliphatic carbocycles. The van der Waals surface area contributed by atoms with Crippen molar-refractivity contribution in [3.05, 3.63) is 101 Å². The topological polar surface area (TPSA) is 181 Å². The third-order valence-corrected chi connectivity index (χ3v) is 11.1. The summed E-state index contributed by atoms with van der Waals surface area (Å²) in [6, 6.07) is 1.52. The number of halogens is 1. The highest BCUT2D eigenvalue weighted by atomic mass is 79.9. The molecule has 0 heterocycles. The van der Waals surface area contributed by atoms with E-state index in [1.54, 1.807) is 55.4 Å². The van der Waals surface area contributed by atoms with Crippen LogP contribution >= 0.6 is 15.9 Å². The molecular weight excluding hydrogens is 804 g/mol. The zero-order chi connectivity index (χ0) is 42.8. The first-order valence-electron chi connectivity index (χ1n) is 18.0. The summed E-state index contributed by atoms with van der Waals surface area (Å²) >= 11 is 3.24. The molecule has 0 fully saturated rings. The molecule has 0 unspecified atom stereocenters. The monoisotopic (exact) mass is 850 g/mol. The van der Waals surface area contributed by atoms with Gasteiger partial charge in [-0.15, -0.1) is 0 Å². The van der Waals surface area contributed by atoms with E-state index in [2.05, 4.69) is 15.9 Å². The molecule has 3 aromatic rings. The number of hydrogen-bond acceptors (Lipinski definition) is 13. The van der Waals surface area contributed by atoms with Gasteiger partial charge in [-0.25, -0.2) is 19.2 Å². The smallest absolute Gasteiger partial charge is 0.356 e. The number of allylic oxidation sites excluding steroid dienone is 2. The minimum Gasteiger partial charge on any atom is -0.506 e. The van der Waals surface area contributed by atoms with Gasteiger partial charge in [0.1, 0.15) is 33.0 Å². The zero-order valence-electron chi connectivity index (χ0n) is 34.1. The van der Waals surface area contributed by atoms with Gasteiger partial charge in [-0.3, -0.25) is 4.79 Å². The molecule has 1 atom stereocenters. The summed E-state index contributed by atoms with van der Waals surface area (Å²) in [5.74, 6) is -4.45. The SMILES string of the molecule is CCCOC1=CC(=O)C=C(C)[C@]1(O)C(=O)Oc1c(C)c(C)c(C(=O)Oc2cc(C)c(C(=O)Oc3c(C)c(C)c(C(=O)OCOC)c(C)c3C)c(C)c2C)c(O)c1Br. The normalized spacial score (nSPS) is 15.1. The molecular formula is C43H47BrO13. The fourth-order valence-electron chi connectivity index (χ4n) is 6.54. The van der Waals surface area contributed by atoms with Gasteiger partial charge in [0.05, 0.1) is 17.7 Å². The summed E-state index contributed by atoms with van der Waals surface area (Å²) in [6.45, 7) is 18.2. The molecule has 1 aliphatic rings. The number of benzene rings is 3. The molecule has 13 nitrogen and oxygen atoms in total. The van der Waals surface area contributed by atoms with Gasteiger partial charge in [0, 0.05) is 13.2 Å². The van der Waals surface area contributed by atoms with Crippen LogP contribution in [0.15, 0.2) is 34.0 Å². The van der Waals surface area contributed by atoms with E-state index < -0.39 is 41.0 Å². The van der Waals surface area contributed by atoms with Gasteiger partial charge in [0.25, 0.3) is 0 Å². The fraction of sp³-hybridized carbons (Fsp3) is 0.372. The number of carbonyl (C=O) groups is 5. The summed E-state index contributed by atoms with van der Waals surface area (Å²) in [6.07, 6.45) is 2.65. The van der Waals surface area contributed by atoms with E-state index in [1.807, 2.05) is 6.92 Å². The summed E-state index contributed by atoms with van der Waals surface area (Å²) < 4.78 is 32.9. The fourth-order valence-corrected chi connectivity index (χ4v) is 7.12. The molecule has 0 aliphatic heterocycles. The Balaban J connectivity index is 1.64. The first-order chi connectivity index (χ1) is 26.6. The third kappa shape index (κ3) is 8.25. The van der Waals surface area contributed by atoms with E-state index >= 15 is 0 Å². The molecule has 57 heavy (non-hydrogen) atoms. The van der Waals surface area contributed by atoms with Gasteiger partial charge in [0.2, 0.25) is 5.60 Å². The maximum Gasteiger partial charge on any atom is 0.356 e. The van der Waals surface area contributed by atoms with Crippen LogP contribution in [0.25, 0.3) is 0 Å². The van der Waals surface area contributed by atoms with Crippen LogP contribution in [-0.2, 0) is 23.8 Å². The maximum atomic E-state index is 13.8. The van der Waals surface area contributed by atoms with Crippen LogP contribution < -0.4 is 14.2 Å². The van der Waals surface area contributed by atoms with Crippen molar-refractivity contribution >= 4 is 45.6 Å². The Labute approximate surface area is 339 Å². The molecule has 0 amide bonds. The number of rotatable bonds is 12. The molecule has 0 bridgehead atoms. The quantitative estimate of drug-likeness (QED) is 0.103. The van der Waals surface area contributed by atoms with Crippen molar-refractivity contribution in [2.45, 2.75) is 88.2 Å². The van der Waals surface area contributed by atoms with E-state index in [-0.39, 0.29) is 63.0 Å². The first kappa shape index (κ1) is 44.4. The van der Waals surface area contributed by atoms with E-state index in [0.717, 1.165) is 12.2 Å². The van der Waals surface area contributed by atoms with Crippen LogP contribution in [0.5, 0.6) is 23.0 Å². The number of esters is 4. The molecule has 304 valence electrons. The molecule has 0 aromatic heterocycles. The van der Waals surface area contributed by atoms with Crippen LogP contribution in [0.1, 0.15) is 101 Å². The number of aliphatic hydroxyl groups is 1. The zero-order valence-corrected chi connectivity index (χ0v) is 35.7. The Morgan fingerprint density at radius 3 is 1.82 bits per heavy atom. The lowest BCUT2D eigenvalue weighted by molar-refractivity contribution is -0.151. The second kappa shape index (κ2) is 17.5. The summed E-state index contributed by atoms with van der Waals surface area (Å²) in [5, 5.41) is 22.8. The number of phenolic OH excluding ortho intramolecular Hbond substituents is 1. The number of aromatic hydroxyl groups is 1. The minimum absolute atomic E-state index is 0.0204. The lowest BCUT2D eigenvalue weighted by atomic mass is 9.87. The van der Waals surface area contributed by atoms with Crippen LogP contribution in [0, 0.1) is 62.3 Å². The van der Waals surface area contributed by atoms with Crippen molar-refractivity contribution in [3.8, 4) is 23.0 Å². The van der Waals surface area contributed by atoms with Crippen molar-refractivity contribution in [2.24, 2.45) is 0 Å². The molecule has 0 radical (unpaired) electrons. The van der Waals surface area contributed by atoms with Crippen molar-refractivity contribution < 1.29 is 62.6 Å². The number of ether oxygens (including phenoxy) is 6. The second-order valence-corrected chi connectivity index (χ2v) is 14.7. The van der Waals surface area contributed by atoms with E-state index in [1.165, 1.54) is 27.0 Å². The molecule has 0 saturated carbocycles. The summed E-state index contributed by atoms with van der Waals surface area (Å²) in [7, 11) is 1.41. The predicted molar refractivity (Wildman–Crippen MR) is 212 cm³/mol. The number of ketones is 1. The highest BCUT2D eigenvalue weighted by Gasteiger charge is 2.48. The van der Waals surface area contributed by atoms with Crippen molar-refractivity contribution in [3.63, 3.8) is 0 Å². The largest absolute Gasteiger partial charge is 0.506 e. The lowest BCUT2D eigenvalue weighted by Gasteiger charge is -2.31. The number of carbonyl (C=O) groups excluding carboxylic acids is 5. The Bertz CT molecular complexity index is 2220. The number of methoxy groups -OCH3 is 1. The Morgan fingerprint density at radius 2 is 1.25 bits per heavy atom. The summed E-state index contributed by atoms with van der Waals surface area (Å²) in [5.41, 5.74) is 2.14. The third-order valence-electron chi connectivity index (χ3n) is 10.4. The van der Waals surface area contributed by atoms with Crippen molar-refractivity contribution in [1.82, 2.24) is 0 Å². The number of phenols is 1. The van der Waals surface area contributed by atoms with Gasteiger partial charge >= 0.3 is 23.9 Å². The van der Waals surface area contributed by atoms with Gasteiger partial charge < -0.3 is 38.6 Å². The standard InChI is InChI=1S/C43H47BrO13/c1-13-14-53-31-17-29(45)16-20(3)43(31,51)42(50)57-38-28(11)25(8)34(36(46)35(38)44)41(49)55-30-15-19(2)32(22(5)21(30)4)40(48)56-37-26(9)23(6)33(24(7)27(37)10)39(47)54-18-52-12/h15-17,46,51H,13-14,18H2,1-12H3/t43-/m1/s1. The molecule has 0 saturated heterocycles. The lowest BCUT2D eigenvalue weighted by Crippen LogP contribution is -2.47. The Morgan fingerprint density at radius 1 is 0.702 bits per heavy atom. The highest BCUT2D eigenvalue weighted by molar-refractivity contribution is 9.10. The average Bonchev–Trinajstić information content (AvgIpc) is 3.15. The molecule has 2 N–H and O–H groups in total. The summed E-state index contributed by atoms with van der Waals surface area (Å²) in [4.78, 5) is 66.1. The van der Waals surface area contributed by atoms with Crippen LogP contribution in [-0.4, -0.2) is 66.0 Å². The predicted octanol–water partition coefficient (Wildman–Crippen LogP) is 7.61. The molecule has 0 spiro atoms. The minimum atomic E-state index is -2.43. The average molecular weight is 852 g/mol. The Kier molecular flexibility index (Phi) is 13.6. The van der Waals surface area contributed by atoms with Gasteiger partial charge in [-0.1, -0.05) is 6.92 Å². The van der Waals surface area contributed by atoms with Gasteiger partial charge in [-0.05, 0) is 159 Å². The van der Waals surface area contributed by atoms with Crippen LogP contribution in [0.4, 0.5) is 0 Å². The highest BCUT2D eigenvalue weighted by Crippen LogP contribution is 2.44.